The van der Waals surface area contributed by atoms with Crippen LogP contribution < -0.4 is 0 Å². The lowest BCUT2D eigenvalue weighted by atomic mass is 10.1. The Morgan fingerprint density at radius 1 is 1.11 bits per heavy atom. The topological polar surface area (TPSA) is 18.5 Å². The molecule has 1 atom stereocenters. The zero-order valence-corrected chi connectivity index (χ0v) is 11.4. The van der Waals surface area contributed by atoms with E-state index in [2.05, 4.69) is 24.3 Å². The predicted molar refractivity (Wildman–Crippen MR) is 73.9 cm³/mol. The molecule has 1 fully saturated rings. The maximum atomic E-state index is 6.34. The van der Waals surface area contributed by atoms with E-state index in [1.807, 2.05) is 6.07 Å². The highest BCUT2D eigenvalue weighted by Crippen LogP contribution is 2.18. The van der Waals surface area contributed by atoms with Crippen LogP contribution in [0.3, 0.4) is 0 Å². The van der Waals surface area contributed by atoms with Gasteiger partial charge in [0.15, 0.2) is 6.29 Å². The average molecular weight is 269 g/mol. The summed E-state index contributed by atoms with van der Waals surface area (Å²) < 4.78 is 11.0. The Labute approximate surface area is 114 Å². The minimum absolute atomic E-state index is 0.0308. The highest BCUT2D eigenvalue weighted by atomic mass is 35.5. The van der Waals surface area contributed by atoms with E-state index >= 15 is 0 Å². The quantitative estimate of drug-likeness (QED) is 0.731. The van der Waals surface area contributed by atoms with E-state index in [1.54, 1.807) is 0 Å². The summed E-state index contributed by atoms with van der Waals surface area (Å²) >= 11 is 6.34. The molecule has 1 aromatic carbocycles. The van der Waals surface area contributed by atoms with Crippen LogP contribution >= 0.6 is 11.6 Å². The lowest BCUT2D eigenvalue weighted by Crippen LogP contribution is -2.25. The fourth-order valence-electron chi connectivity index (χ4n) is 2.13. The summed E-state index contributed by atoms with van der Waals surface area (Å²) in [6, 6.07) is 10.5. The fraction of sp³-hybridized carbons (Fsp3) is 0.600. The predicted octanol–water partition coefficient (Wildman–Crippen LogP) is 3.77. The molecule has 3 heteroatoms. The number of halogens is 1. The van der Waals surface area contributed by atoms with Crippen molar-refractivity contribution in [3.63, 3.8) is 0 Å². The number of benzene rings is 1. The molecule has 18 heavy (non-hydrogen) atoms. The van der Waals surface area contributed by atoms with Gasteiger partial charge in [-0.05, 0) is 37.7 Å². The third-order valence-electron chi connectivity index (χ3n) is 3.20. The summed E-state index contributed by atoms with van der Waals surface area (Å²) in [5.41, 5.74) is 1.35. The Kier molecular flexibility index (Phi) is 5.98. The van der Waals surface area contributed by atoms with Crippen LogP contribution in [0.5, 0.6) is 0 Å². The molecule has 0 spiro atoms. The molecular weight excluding hydrogens is 248 g/mol. The SMILES string of the molecule is ClC(CCc1ccccc1)CCC1OCCCO1. The second-order valence-electron chi connectivity index (χ2n) is 4.72. The number of rotatable bonds is 6. The largest absolute Gasteiger partial charge is 0.353 e. The monoisotopic (exact) mass is 268 g/mol. The van der Waals surface area contributed by atoms with Crippen molar-refractivity contribution >= 4 is 11.6 Å². The molecule has 0 bridgehead atoms. The van der Waals surface area contributed by atoms with E-state index in [4.69, 9.17) is 21.1 Å². The maximum Gasteiger partial charge on any atom is 0.157 e. The van der Waals surface area contributed by atoms with Crippen LogP contribution in [0.15, 0.2) is 30.3 Å². The average Bonchev–Trinajstić information content (AvgIpc) is 2.45. The number of aryl methyl sites for hydroxylation is 1. The van der Waals surface area contributed by atoms with E-state index in [-0.39, 0.29) is 11.7 Å². The van der Waals surface area contributed by atoms with Crippen LogP contribution in [0, 0.1) is 0 Å². The van der Waals surface area contributed by atoms with Crippen molar-refractivity contribution in [2.45, 2.75) is 43.8 Å². The van der Waals surface area contributed by atoms with Gasteiger partial charge in [-0.1, -0.05) is 30.3 Å². The van der Waals surface area contributed by atoms with Gasteiger partial charge in [-0.2, -0.15) is 0 Å². The van der Waals surface area contributed by atoms with Crippen molar-refractivity contribution < 1.29 is 9.47 Å². The van der Waals surface area contributed by atoms with Crippen LogP contribution in [-0.2, 0) is 15.9 Å². The molecule has 1 saturated heterocycles. The van der Waals surface area contributed by atoms with Crippen molar-refractivity contribution in [1.29, 1.82) is 0 Å². The van der Waals surface area contributed by atoms with Crippen LogP contribution in [0.2, 0.25) is 0 Å². The molecule has 1 aromatic rings. The van der Waals surface area contributed by atoms with E-state index in [0.717, 1.165) is 45.3 Å². The van der Waals surface area contributed by atoms with Gasteiger partial charge in [0, 0.05) is 5.38 Å². The van der Waals surface area contributed by atoms with E-state index < -0.39 is 0 Å². The van der Waals surface area contributed by atoms with E-state index in [1.165, 1.54) is 5.56 Å². The first-order valence-electron chi connectivity index (χ1n) is 6.76. The van der Waals surface area contributed by atoms with Crippen molar-refractivity contribution in [2.24, 2.45) is 0 Å². The van der Waals surface area contributed by atoms with Gasteiger partial charge >= 0.3 is 0 Å². The van der Waals surface area contributed by atoms with Crippen LogP contribution in [0.25, 0.3) is 0 Å². The second kappa shape index (κ2) is 7.78. The Bertz CT molecular complexity index is 323. The Hall–Kier alpha value is -0.570. The molecule has 100 valence electrons. The van der Waals surface area contributed by atoms with Gasteiger partial charge in [-0.15, -0.1) is 11.6 Å². The molecule has 0 amide bonds. The first-order valence-corrected chi connectivity index (χ1v) is 7.19. The summed E-state index contributed by atoms with van der Waals surface area (Å²) in [5.74, 6) is 0. The Morgan fingerprint density at radius 3 is 2.56 bits per heavy atom. The molecule has 2 rings (SSSR count). The first kappa shape index (κ1) is 13.9. The summed E-state index contributed by atoms with van der Waals surface area (Å²) in [4.78, 5) is 0. The van der Waals surface area contributed by atoms with Crippen LogP contribution in [-0.4, -0.2) is 24.9 Å². The minimum atomic E-state index is -0.0308. The number of ether oxygens (including phenoxy) is 2. The summed E-state index contributed by atoms with van der Waals surface area (Å²) in [6.45, 7) is 1.64. The first-order chi connectivity index (χ1) is 8.84. The van der Waals surface area contributed by atoms with Gasteiger partial charge in [-0.25, -0.2) is 0 Å². The third kappa shape index (κ3) is 4.97. The van der Waals surface area contributed by atoms with Gasteiger partial charge in [0.2, 0.25) is 0 Å². The fourth-order valence-corrected chi connectivity index (χ4v) is 2.37. The van der Waals surface area contributed by atoms with E-state index in [0.29, 0.717) is 0 Å². The van der Waals surface area contributed by atoms with Crippen LogP contribution in [0.4, 0.5) is 0 Å². The molecule has 2 nitrogen and oxygen atoms in total. The highest BCUT2D eigenvalue weighted by Gasteiger charge is 2.16. The molecule has 0 saturated carbocycles. The summed E-state index contributed by atoms with van der Waals surface area (Å²) in [7, 11) is 0. The molecule has 0 aromatic heterocycles. The molecule has 0 radical (unpaired) electrons. The maximum absolute atomic E-state index is 6.34. The lowest BCUT2D eigenvalue weighted by molar-refractivity contribution is -0.181. The molecule has 1 aliphatic rings. The molecule has 1 aliphatic heterocycles. The lowest BCUT2D eigenvalue weighted by Gasteiger charge is -2.23. The Balaban J connectivity index is 1.61. The third-order valence-corrected chi connectivity index (χ3v) is 3.64. The van der Waals surface area contributed by atoms with Gasteiger partial charge in [0.05, 0.1) is 13.2 Å². The smallest absolute Gasteiger partial charge is 0.157 e. The van der Waals surface area contributed by atoms with Crippen molar-refractivity contribution in [2.75, 3.05) is 13.2 Å². The summed E-state index contributed by atoms with van der Waals surface area (Å²) in [5, 5.41) is 0.208. The standard InChI is InChI=1S/C15H21ClO2/c16-14(8-7-13-5-2-1-3-6-13)9-10-15-17-11-4-12-18-15/h1-3,5-6,14-15H,4,7-12H2. The number of alkyl halides is 1. The van der Waals surface area contributed by atoms with Crippen molar-refractivity contribution in [3.05, 3.63) is 35.9 Å². The van der Waals surface area contributed by atoms with Gasteiger partial charge in [0.1, 0.15) is 0 Å². The Morgan fingerprint density at radius 2 is 1.83 bits per heavy atom. The normalized spacial score (nSPS) is 18.7. The van der Waals surface area contributed by atoms with Gasteiger partial charge in [-0.3, -0.25) is 0 Å². The molecule has 0 aliphatic carbocycles. The van der Waals surface area contributed by atoms with Crippen molar-refractivity contribution in [3.8, 4) is 0 Å². The zero-order valence-electron chi connectivity index (χ0n) is 10.7. The second-order valence-corrected chi connectivity index (χ2v) is 5.34. The van der Waals surface area contributed by atoms with Gasteiger partial charge < -0.3 is 9.47 Å². The minimum Gasteiger partial charge on any atom is -0.353 e. The van der Waals surface area contributed by atoms with Crippen molar-refractivity contribution in [1.82, 2.24) is 0 Å². The van der Waals surface area contributed by atoms with Gasteiger partial charge in [0.25, 0.3) is 0 Å². The molecular formula is C15H21ClO2. The van der Waals surface area contributed by atoms with E-state index in [9.17, 15) is 0 Å². The molecule has 1 unspecified atom stereocenters. The molecule has 0 N–H and O–H groups in total. The number of hydrogen-bond acceptors (Lipinski definition) is 2. The zero-order chi connectivity index (χ0) is 12.6. The highest BCUT2D eigenvalue weighted by molar-refractivity contribution is 6.20. The molecule has 1 heterocycles. The number of hydrogen-bond donors (Lipinski definition) is 0. The van der Waals surface area contributed by atoms with Crippen LogP contribution in [0.1, 0.15) is 31.2 Å². The summed E-state index contributed by atoms with van der Waals surface area (Å²) in [6.07, 6.45) is 4.90.